The Kier molecular flexibility index (Phi) is 3.97. The Hall–Kier alpha value is -1.42. The summed E-state index contributed by atoms with van der Waals surface area (Å²) < 4.78 is 0. The van der Waals surface area contributed by atoms with E-state index in [1.54, 1.807) is 4.90 Å². The van der Waals surface area contributed by atoms with E-state index in [0.717, 1.165) is 19.4 Å². The zero-order chi connectivity index (χ0) is 13.1. The van der Waals surface area contributed by atoms with Gasteiger partial charge in [-0.1, -0.05) is 0 Å². The van der Waals surface area contributed by atoms with Crippen LogP contribution in [0, 0.1) is 5.92 Å². The second-order valence-electron chi connectivity index (χ2n) is 4.59. The van der Waals surface area contributed by atoms with Gasteiger partial charge in [-0.25, -0.2) is 0 Å². The molecule has 1 aliphatic heterocycles. The minimum Gasteiger partial charge on any atom is -0.504 e. The molecule has 1 saturated heterocycles. The van der Waals surface area contributed by atoms with E-state index < -0.39 is 0 Å². The molecular formula is C13H16ClNO3. The number of alkyl halides is 1. The molecule has 0 radical (unpaired) electrons. The SMILES string of the molecule is O=C(c1ccc(O)c(O)c1)N1CCC(CCCl)C1. The largest absolute Gasteiger partial charge is 0.504 e. The molecule has 1 heterocycles. The highest BCUT2D eigenvalue weighted by Gasteiger charge is 2.26. The Labute approximate surface area is 111 Å². The number of benzene rings is 1. The number of amides is 1. The summed E-state index contributed by atoms with van der Waals surface area (Å²) in [5.41, 5.74) is 0.400. The van der Waals surface area contributed by atoms with Gasteiger partial charge in [0.25, 0.3) is 5.91 Å². The molecule has 5 heteroatoms. The molecule has 0 aliphatic carbocycles. The molecule has 0 bridgehead atoms. The van der Waals surface area contributed by atoms with E-state index in [1.165, 1.54) is 18.2 Å². The number of phenolic OH excluding ortho intramolecular Hbond substituents is 2. The van der Waals surface area contributed by atoms with Gasteiger partial charge in [-0.05, 0) is 37.0 Å². The minimum atomic E-state index is -0.266. The molecule has 1 fully saturated rings. The Morgan fingerprint density at radius 2 is 2.17 bits per heavy atom. The molecule has 0 aromatic heterocycles. The van der Waals surface area contributed by atoms with E-state index in [9.17, 15) is 15.0 Å². The van der Waals surface area contributed by atoms with E-state index in [1.807, 2.05) is 0 Å². The molecule has 1 aromatic carbocycles. The van der Waals surface area contributed by atoms with Gasteiger partial charge in [0, 0.05) is 24.5 Å². The molecule has 1 atom stereocenters. The molecular weight excluding hydrogens is 254 g/mol. The fourth-order valence-corrected chi connectivity index (χ4v) is 2.55. The van der Waals surface area contributed by atoms with Crippen LogP contribution in [-0.2, 0) is 0 Å². The van der Waals surface area contributed by atoms with Gasteiger partial charge in [0.1, 0.15) is 0 Å². The number of phenols is 2. The Morgan fingerprint density at radius 1 is 1.39 bits per heavy atom. The quantitative estimate of drug-likeness (QED) is 0.653. The summed E-state index contributed by atoms with van der Waals surface area (Å²) in [6.07, 6.45) is 1.90. The Morgan fingerprint density at radius 3 is 2.83 bits per heavy atom. The van der Waals surface area contributed by atoms with Crippen LogP contribution in [0.1, 0.15) is 23.2 Å². The highest BCUT2D eigenvalue weighted by atomic mass is 35.5. The van der Waals surface area contributed by atoms with Crippen molar-refractivity contribution in [2.75, 3.05) is 19.0 Å². The standard InChI is InChI=1S/C13H16ClNO3/c14-5-3-9-4-6-15(8-9)13(18)10-1-2-11(16)12(17)7-10/h1-2,7,9,16-17H,3-6,8H2. The Balaban J connectivity index is 2.05. The maximum Gasteiger partial charge on any atom is 0.254 e. The first kappa shape index (κ1) is 13.0. The fraction of sp³-hybridized carbons (Fsp3) is 0.462. The first-order chi connectivity index (χ1) is 8.61. The van der Waals surface area contributed by atoms with Crippen molar-refractivity contribution in [3.63, 3.8) is 0 Å². The van der Waals surface area contributed by atoms with Crippen LogP contribution in [0.3, 0.4) is 0 Å². The summed E-state index contributed by atoms with van der Waals surface area (Å²) in [6, 6.07) is 4.15. The summed E-state index contributed by atoms with van der Waals surface area (Å²) in [4.78, 5) is 13.9. The zero-order valence-electron chi connectivity index (χ0n) is 9.97. The van der Waals surface area contributed by atoms with Crippen molar-refractivity contribution in [1.82, 2.24) is 4.90 Å². The molecule has 2 rings (SSSR count). The molecule has 1 aliphatic rings. The van der Waals surface area contributed by atoms with Gasteiger partial charge in [0.2, 0.25) is 0 Å². The minimum absolute atomic E-state index is 0.109. The number of nitrogens with zero attached hydrogens (tertiary/aromatic N) is 1. The topological polar surface area (TPSA) is 60.8 Å². The number of halogens is 1. The van der Waals surface area contributed by atoms with Gasteiger partial charge in [-0.2, -0.15) is 0 Å². The maximum absolute atomic E-state index is 12.2. The zero-order valence-corrected chi connectivity index (χ0v) is 10.7. The van der Waals surface area contributed by atoms with Gasteiger partial charge >= 0.3 is 0 Å². The van der Waals surface area contributed by atoms with Crippen LogP contribution >= 0.6 is 11.6 Å². The van der Waals surface area contributed by atoms with Crippen LogP contribution in [0.15, 0.2) is 18.2 Å². The first-order valence-corrected chi connectivity index (χ1v) is 6.52. The van der Waals surface area contributed by atoms with Crippen molar-refractivity contribution in [3.05, 3.63) is 23.8 Å². The number of hydrogen-bond acceptors (Lipinski definition) is 3. The molecule has 1 amide bonds. The van der Waals surface area contributed by atoms with Crippen LogP contribution in [0.25, 0.3) is 0 Å². The summed E-state index contributed by atoms with van der Waals surface area (Å²) in [6.45, 7) is 1.44. The summed E-state index contributed by atoms with van der Waals surface area (Å²) in [5.74, 6) is 0.497. The number of rotatable bonds is 3. The average Bonchev–Trinajstić information content (AvgIpc) is 2.81. The lowest BCUT2D eigenvalue weighted by Crippen LogP contribution is -2.28. The number of carbonyl (C=O) groups excluding carboxylic acids is 1. The molecule has 0 spiro atoms. The first-order valence-electron chi connectivity index (χ1n) is 5.99. The summed E-state index contributed by atoms with van der Waals surface area (Å²) in [5, 5.41) is 18.6. The highest BCUT2D eigenvalue weighted by molar-refractivity contribution is 6.17. The average molecular weight is 270 g/mol. The lowest BCUT2D eigenvalue weighted by Gasteiger charge is -2.16. The highest BCUT2D eigenvalue weighted by Crippen LogP contribution is 2.27. The van der Waals surface area contributed by atoms with E-state index >= 15 is 0 Å². The van der Waals surface area contributed by atoms with E-state index in [4.69, 9.17) is 11.6 Å². The third-order valence-electron chi connectivity index (χ3n) is 3.31. The molecule has 1 unspecified atom stereocenters. The van der Waals surface area contributed by atoms with Crippen molar-refractivity contribution in [3.8, 4) is 11.5 Å². The van der Waals surface area contributed by atoms with Gasteiger partial charge in [-0.3, -0.25) is 4.79 Å². The van der Waals surface area contributed by atoms with Crippen LogP contribution in [0.2, 0.25) is 0 Å². The summed E-state index contributed by atoms with van der Waals surface area (Å²) >= 11 is 5.70. The molecule has 4 nitrogen and oxygen atoms in total. The smallest absolute Gasteiger partial charge is 0.254 e. The van der Waals surface area contributed by atoms with E-state index in [-0.39, 0.29) is 17.4 Å². The van der Waals surface area contributed by atoms with Crippen molar-refractivity contribution < 1.29 is 15.0 Å². The van der Waals surface area contributed by atoms with Crippen LogP contribution in [-0.4, -0.2) is 40.0 Å². The van der Waals surface area contributed by atoms with Crippen molar-refractivity contribution in [2.24, 2.45) is 5.92 Å². The van der Waals surface area contributed by atoms with Crippen molar-refractivity contribution in [1.29, 1.82) is 0 Å². The molecule has 2 N–H and O–H groups in total. The monoisotopic (exact) mass is 269 g/mol. The van der Waals surface area contributed by atoms with Gasteiger partial charge in [0.05, 0.1) is 0 Å². The molecule has 98 valence electrons. The predicted molar refractivity (Wildman–Crippen MR) is 69.1 cm³/mol. The van der Waals surface area contributed by atoms with Crippen LogP contribution < -0.4 is 0 Å². The molecule has 18 heavy (non-hydrogen) atoms. The second kappa shape index (κ2) is 5.48. The predicted octanol–water partition coefficient (Wildman–Crippen LogP) is 2.19. The lowest BCUT2D eigenvalue weighted by molar-refractivity contribution is 0.0786. The van der Waals surface area contributed by atoms with Crippen LogP contribution in [0.5, 0.6) is 11.5 Å². The van der Waals surface area contributed by atoms with E-state index in [0.29, 0.717) is 23.9 Å². The van der Waals surface area contributed by atoms with Gasteiger partial charge in [0.15, 0.2) is 11.5 Å². The lowest BCUT2D eigenvalue weighted by atomic mass is 10.1. The number of hydrogen-bond donors (Lipinski definition) is 2. The number of carbonyl (C=O) groups is 1. The van der Waals surface area contributed by atoms with Crippen LogP contribution in [0.4, 0.5) is 0 Å². The maximum atomic E-state index is 12.2. The van der Waals surface area contributed by atoms with Gasteiger partial charge in [-0.15, -0.1) is 11.6 Å². The van der Waals surface area contributed by atoms with Gasteiger partial charge < -0.3 is 15.1 Å². The molecule has 1 aromatic rings. The molecule has 0 saturated carbocycles. The van der Waals surface area contributed by atoms with Crippen molar-refractivity contribution in [2.45, 2.75) is 12.8 Å². The third kappa shape index (κ3) is 2.70. The normalized spacial score (nSPS) is 19.2. The van der Waals surface area contributed by atoms with E-state index in [2.05, 4.69) is 0 Å². The third-order valence-corrected chi connectivity index (χ3v) is 3.53. The second-order valence-corrected chi connectivity index (χ2v) is 4.96. The Bertz CT molecular complexity index is 450. The van der Waals surface area contributed by atoms with Crippen molar-refractivity contribution >= 4 is 17.5 Å². The fourth-order valence-electron chi connectivity index (χ4n) is 2.25. The summed E-state index contributed by atoms with van der Waals surface area (Å²) in [7, 11) is 0. The number of aromatic hydroxyl groups is 2. The number of likely N-dealkylation sites (tertiary alicyclic amines) is 1.